The number of carbonyl (C=O) groups excluding carboxylic acids is 1. The monoisotopic (exact) mass is 397 g/mol. The summed E-state index contributed by atoms with van der Waals surface area (Å²) in [5, 5.41) is 0.896. The Morgan fingerprint density at radius 3 is 2.78 bits per heavy atom. The van der Waals surface area contributed by atoms with E-state index in [0.717, 1.165) is 33.1 Å². The first kappa shape index (κ1) is 18.1. The van der Waals surface area contributed by atoms with Crippen molar-refractivity contribution in [2.45, 2.75) is 24.5 Å². The topological polar surface area (TPSA) is 59.2 Å². The lowest BCUT2D eigenvalue weighted by Crippen LogP contribution is -2.21. The Kier molecular flexibility index (Phi) is 5.18. The number of benzene rings is 2. The van der Waals surface area contributed by atoms with E-state index in [9.17, 15) is 9.59 Å². The van der Waals surface area contributed by atoms with Crippen molar-refractivity contribution in [3.63, 3.8) is 0 Å². The van der Waals surface area contributed by atoms with E-state index >= 15 is 0 Å². The van der Waals surface area contributed by atoms with Gasteiger partial charge in [-0.15, -0.1) is 11.8 Å². The van der Waals surface area contributed by atoms with Crippen LogP contribution in [-0.2, 0) is 11.4 Å². The third-order valence-corrected chi connectivity index (χ3v) is 6.93. The first-order chi connectivity index (χ1) is 13.1. The summed E-state index contributed by atoms with van der Waals surface area (Å²) in [6, 6.07) is 16.1. The van der Waals surface area contributed by atoms with E-state index in [1.54, 1.807) is 11.8 Å². The average molecular weight is 398 g/mol. The van der Waals surface area contributed by atoms with Crippen LogP contribution < -0.4 is 9.61 Å². The molecule has 4 nitrogen and oxygen atoms in total. The van der Waals surface area contributed by atoms with Gasteiger partial charge in [0.05, 0.1) is 5.03 Å². The van der Waals surface area contributed by atoms with Crippen LogP contribution in [0.5, 0.6) is 5.75 Å². The van der Waals surface area contributed by atoms with E-state index < -0.39 is 0 Å². The van der Waals surface area contributed by atoms with Crippen LogP contribution in [0, 0.1) is 12.8 Å². The van der Waals surface area contributed by atoms with Gasteiger partial charge in [-0.3, -0.25) is 4.79 Å². The molecule has 1 aromatic heterocycles. The van der Waals surface area contributed by atoms with Crippen molar-refractivity contribution in [2.24, 2.45) is 5.92 Å². The molecule has 1 N–H and O–H groups in total. The molecule has 2 atom stereocenters. The van der Waals surface area contributed by atoms with E-state index in [1.165, 1.54) is 16.9 Å². The summed E-state index contributed by atoms with van der Waals surface area (Å²) in [6.07, 6.45) is 1.01. The van der Waals surface area contributed by atoms with Crippen molar-refractivity contribution in [3.05, 3.63) is 79.8 Å². The highest BCUT2D eigenvalue weighted by molar-refractivity contribution is 7.99. The molecule has 2 unspecified atom stereocenters. The molecular weight excluding hydrogens is 378 g/mol. The van der Waals surface area contributed by atoms with Gasteiger partial charge in [0.15, 0.2) is 0 Å². The molecule has 4 rings (SSSR count). The molecule has 0 amide bonds. The van der Waals surface area contributed by atoms with Crippen molar-refractivity contribution in [3.8, 4) is 5.75 Å². The molecule has 1 aliphatic rings. The van der Waals surface area contributed by atoms with Crippen molar-refractivity contribution >= 4 is 29.4 Å². The molecule has 2 aromatic carbocycles. The van der Waals surface area contributed by atoms with Crippen LogP contribution in [0.25, 0.3) is 0 Å². The fourth-order valence-electron chi connectivity index (χ4n) is 3.36. The van der Waals surface area contributed by atoms with Gasteiger partial charge in [-0.2, -0.15) is 0 Å². The Balaban J connectivity index is 1.54. The maximum atomic E-state index is 11.8. The fourth-order valence-corrected chi connectivity index (χ4v) is 5.73. The molecule has 0 saturated carbocycles. The average Bonchev–Trinajstić information content (AvgIpc) is 3.06. The predicted molar refractivity (Wildman–Crippen MR) is 109 cm³/mol. The molecule has 1 aliphatic heterocycles. The second-order valence-electron chi connectivity index (χ2n) is 6.64. The molecule has 6 heteroatoms. The lowest BCUT2D eigenvalue weighted by Gasteiger charge is -2.27. The number of aromatic amines is 1. The number of ether oxygens (including phenoxy) is 1. The number of thioether (sulfide) groups is 1. The largest absolute Gasteiger partial charge is 0.489 e. The Hall–Kier alpha value is -2.31. The minimum Gasteiger partial charge on any atom is -0.489 e. The van der Waals surface area contributed by atoms with Gasteiger partial charge < -0.3 is 14.5 Å². The van der Waals surface area contributed by atoms with Crippen LogP contribution in [-0.4, -0.2) is 17.0 Å². The fraction of sp³-hybridized carbons (Fsp3) is 0.238. The SMILES string of the molecule is Cc1cccc(COc2ccc(C3c4sc(=O)[nH]c4SCC3C=O)cc2)c1. The molecule has 2 heterocycles. The zero-order valence-corrected chi connectivity index (χ0v) is 16.4. The molecule has 0 radical (unpaired) electrons. The summed E-state index contributed by atoms with van der Waals surface area (Å²) >= 11 is 2.75. The Morgan fingerprint density at radius 2 is 2.04 bits per heavy atom. The van der Waals surface area contributed by atoms with Gasteiger partial charge in [-0.25, -0.2) is 0 Å². The minimum absolute atomic E-state index is 0.0674. The summed E-state index contributed by atoms with van der Waals surface area (Å²) in [6.45, 7) is 2.58. The van der Waals surface area contributed by atoms with Gasteiger partial charge in [0, 0.05) is 22.5 Å². The van der Waals surface area contributed by atoms with Crippen LogP contribution in [0.2, 0.25) is 0 Å². The Labute approximate surface area is 165 Å². The lowest BCUT2D eigenvalue weighted by molar-refractivity contribution is -0.110. The number of aldehydes is 1. The number of aromatic nitrogens is 1. The molecule has 0 spiro atoms. The van der Waals surface area contributed by atoms with Crippen LogP contribution in [0.1, 0.15) is 27.5 Å². The highest BCUT2D eigenvalue weighted by Gasteiger charge is 2.33. The standard InChI is InChI=1S/C21H19NO3S2/c1-13-3-2-4-14(9-13)11-25-17-7-5-15(6-8-17)18-16(10-23)12-26-20-19(18)27-21(24)22-20/h2-10,16,18H,11-12H2,1H3,(H,22,24). The van der Waals surface area contributed by atoms with Gasteiger partial charge in [0.2, 0.25) is 0 Å². The number of nitrogens with one attached hydrogen (secondary N) is 1. The molecule has 0 bridgehead atoms. The third kappa shape index (κ3) is 3.87. The summed E-state index contributed by atoms with van der Waals surface area (Å²) in [5.41, 5.74) is 3.38. The van der Waals surface area contributed by atoms with Crippen molar-refractivity contribution < 1.29 is 9.53 Å². The Morgan fingerprint density at radius 1 is 1.22 bits per heavy atom. The first-order valence-electron chi connectivity index (χ1n) is 8.73. The minimum atomic E-state index is -0.131. The highest BCUT2D eigenvalue weighted by atomic mass is 32.2. The molecule has 0 saturated heterocycles. The quantitative estimate of drug-likeness (QED) is 0.649. The van der Waals surface area contributed by atoms with Gasteiger partial charge in [0.1, 0.15) is 18.6 Å². The van der Waals surface area contributed by atoms with Crippen LogP contribution in [0.3, 0.4) is 0 Å². The summed E-state index contributed by atoms with van der Waals surface area (Å²) < 4.78 is 5.89. The van der Waals surface area contributed by atoms with Crippen molar-refractivity contribution in [2.75, 3.05) is 5.75 Å². The summed E-state index contributed by atoms with van der Waals surface area (Å²) in [4.78, 5) is 27.1. The second-order valence-corrected chi connectivity index (χ2v) is 8.69. The zero-order valence-electron chi connectivity index (χ0n) is 14.8. The van der Waals surface area contributed by atoms with Crippen molar-refractivity contribution in [1.82, 2.24) is 4.98 Å². The number of thiazole rings is 1. The lowest BCUT2D eigenvalue weighted by atomic mass is 9.86. The van der Waals surface area contributed by atoms with Gasteiger partial charge in [0.25, 0.3) is 0 Å². The normalized spacial score (nSPS) is 18.7. The third-order valence-electron chi connectivity index (χ3n) is 4.67. The number of hydrogen-bond donors (Lipinski definition) is 1. The number of H-pyrrole nitrogens is 1. The second kappa shape index (κ2) is 7.74. The van der Waals surface area contributed by atoms with Gasteiger partial charge in [-0.1, -0.05) is 53.3 Å². The van der Waals surface area contributed by atoms with E-state index in [0.29, 0.717) is 12.4 Å². The number of rotatable bonds is 5. The van der Waals surface area contributed by atoms with E-state index in [4.69, 9.17) is 4.74 Å². The number of aryl methyl sites for hydroxylation is 1. The van der Waals surface area contributed by atoms with Gasteiger partial charge >= 0.3 is 4.87 Å². The van der Waals surface area contributed by atoms with E-state index in [-0.39, 0.29) is 16.7 Å². The number of fused-ring (bicyclic) bond motifs is 1. The smallest absolute Gasteiger partial charge is 0.305 e. The van der Waals surface area contributed by atoms with E-state index in [2.05, 4.69) is 24.0 Å². The summed E-state index contributed by atoms with van der Waals surface area (Å²) in [5.74, 6) is 1.26. The molecule has 27 heavy (non-hydrogen) atoms. The van der Waals surface area contributed by atoms with Crippen LogP contribution in [0.15, 0.2) is 58.4 Å². The van der Waals surface area contributed by atoms with Crippen LogP contribution in [0.4, 0.5) is 0 Å². The maximum Gasteiger partial charge on any atom is 0.305 e. The van der Waals surface area contributed by atoms with Gasteiger partial charge in [-0.05, 0) is 30.2 Å². The van der Waals surface area contributed by atoms with Crippen LogP contribution >= 0.6 is 23.1 Å². The summed E-state index contributed by atoms with van der Waals surface area (Å²) in [7, 11) is 0. The first-order valence-corrected chi connectivity index (χ1v) is 10.5. The molecule has 3 aromatic rings. The predicted octanol–water partition coefficient (Wildman–Crippen LogP) is 4.38. The molecule has 138 valence electrons. The Bertz CT molecular complexity index is 1010. The molecular formula is C21H19NO3S2. The highest BCUT2D eigenvalue weighted by Crippen LogP contribution is 2.44. The van der Waals surface area contributed by atoms with Crippen molar-refractivity contribution in [1.29, 1.82) is 0 Å². The number of carbonyl (C=O) groups is 1. The molecule has 0 fully saturated rings. The number of hydrogen-bond acceptors (Lipinski definition) is 5. The zero-order chi connectivity index (χ0) is 18.8. The van der Waals surface area contributed by atoms with E-state index in [1.807, 2.05) is 36.4 Å². The maximum absolute atomic E-state index is 11.8. The molecule has 0 aliphatic carbocycles.